The molecule has 0 saturated carbocycles. The van der Waals surface area contributed by atoms with Crippen molar-refractivity contribution in [2.75, 3.05) is 12.3 Å². The summed E-state index contributed by atoms with van der Waals surface area (Å²) in [7, 11) is -3.22. The highest BCUT2D eigenvalue weighted by Gasteiger charge is 2.09. The minimum Gasteiger partial charge on any atom is -0.283 e. The van der Waals surface area contributed by atoms with Crippen LogP contribution in [0, 0.1) is 0 Å². The van der Waals surface area contributed by atoms with Gasteiger partial charge in [0.1, 0.15) is 0 Å². The Hall–Kier alpha value is -1.66. The van der Waals surface area contributed by atoms with E-state index < -0.39 is 10.0 Å². The third kappa shape index (κ3) is 4.84. The molecule has 2 aromatic rings. The molecule has 19 heavy (non-hydrogen) atoms. The second-order valence-corrected chi connectivity index (χ2v) is 6.21. The molecule has 0 unspecified atom stereocenters. The average molecular weight is 279 g/mol. The summed E-state index contributed by atoms with van der Waals surface area (Å²) in [5.41, 5.74) is 1.95. The van der Waals surface area contributed by atoms with E-state index in [4.69, 9.17) is 0 Å². The van der Waals surface area contributed by atoms with Crippen molar-refractivity contribution >= 4 is 10.0 Å². The summed E-state index contributed by atoms with van der Waals surface area (Å²) in [4.78, 5) is 0. The Kier molecular flexibility index (Phi) is 4.70. The molecule has 2 N–H and O–H groups in total. The molecule has 1 aromatic carbocycles. The van der Waals surface area contributed by atoms with E-state index in [-0.39, 0.29) is 5.75 Å². The van der Waals surface area contributed by atoms with Gasteiger partial charge in [-0.3, -0.25) is 5.10 Å². The highest BCUT2D eigenvalue weighted by Crippen LogP contribution is 2.01. The number of benzene rings is 1. The lowest BCUT2D eigenvalue weighted by Crippen LogP contribution is -2.29. The Morgan fingerprint density at radius 3 is 2.58 bits per heavy atom. The van der Waals surface area contributed by atoms with Crippen LogP contribution in [0.2, 0.25) is 0 Å². The van der Waals surface area contributed by atoms with E-state index in [1.165, 1.54) is 0 Å². The molecule has 5 nitrogen and oxygen atoms in total. The molecule has 0 amide bonds. The Balaban J connectivity index is 1.76. The lowest BCUT2D eigenvalue weighted by Gasteiger charge is -2.06. The molecule has 0 aliphatic rings. The summed E-state index contributed by atoms with van der Waals surface area (Å²) in [6.07, 6.45) is 2.80. The van der Waals surface area contributed by atoms with Gasteiger partial charge in [-0.25, -0.2) is 13.1 Å². The van der Waals surface area contributed by atoms with Crippen LogP contribution in [0.3, 0.4) is 0 Å². The van der Waals surface area contributed by atoms with Crippen molar-refractivity contribution < 1.29 is 8.42 Å². The fourth-order valence-electron chi connectivity index (χ4n) is 1.73. The summed E-state index contributed by atoms with van der Waals surface area (Å²) >= 11 is 0. The molecule has 1 aromatic heterocycles. The quantitative estimate of drug-likeness (QED) is 0.797. The van der Waals surface area contributed by atoms with E-state index in [1.807, 2.05) is 36.4 Å². The number of nitrogens with zero attached hydrogens (tertiary/aromatic N) is 1. The van der Waals surface area contributed by atoms with Gasteiger partial charge >= 0.3 is 0 Å². The zero-order valence-corrected chi connectivity index (χ0v) is 11.4. The summed E-state index contributed by atoms with van der Waals surface area (Å²) in [6.45, 7) is 0.388. The number of aryl methyl sites for hydroxylation is 1. The van der Waals surface area contributed by atoms with Crippen LogP contribution in [0.5, 0.6) is 0 Å². The normalized spacial score (nSPS) is 11.6. The molecular formula is C13H17N3O2S. The summed E-state index contributed by atoms with van der Waals surface area (Å²) in [5.74, 6) is 0.111. The number of hydrogen-bond donors (Lipinski definition) is 2. The number of nitrogens with one attached hydrogen (secondary N) is 2. The number of sulfonamides is 1. The van der Waals surface area contributed by atoms with E-state index in [0.29, 0.717) is 19.4 Å². The van der Waals surface area contributed by atoms with Crippen molar-refractivity contribution in [1.82, 2.24) is 14.9 Å². The van der Waals surface area contributed by atoms with Gasteiger partial charge in [0.05, 0.1) is 5.75 Å². The first-order valence-electron chi connectivity index (χ1n) is 6.15. The Labute approximate surface area is 113 Å². The summed E-state index contributed by atoms with van der Waals surface area (Å²) in [5, 5.41) is 6.61. The molecule has 1 heterocycles. The minimum absolute atomic E-state index is 0.111. The third-order valence-corrected chi connectivity index (χ3v) is 4.16. The Morgan fingerprint density at radius 2 is 1.89 bits per heavy atom. The van der Waals surface area contributed by atoms with Crippen molar-refractivity contribution in [2.45, 2.75) is 12.8 Å². The number of aromatic nitrogens is 2. The second-order valence-electron chi connectivity index (χ2n) is 4.28. The molecule has 0 saturated heterocycles. The molecule has 0 atom stereocenters. The standard InChI is InChI=1S/C13H17N3O2S/c17-19(18,11-8-12-4-2-1-3-5-12)15-10-7-13-6-9-14-16-13/h1-6,9,15H,7-8,10-11H2,(H,14,16). The highest BCUT2D eigenvalue weighted by atomic mass is 32.2. The van der Waals surface area contributed by atoms with E-state index in [2.05, 4.69) is 14.9 Å². The highest BCUT2D eigenvalue weighted by molar-refractivity contribution is 7.89. The van der Waals surface area contributed by atoms with Gasteiger partial charge in [-0.2, -0.15) is 5.10 Å². The monoisotopic (exact) mass is 279 g/mol. The minimum atomic E-state index is -3.22. The zero-order chi connectivity index (χ0) is 13.6. The van der Waals surface area contributed by atoms with Gasteiger partial charge in [0, 0.05) is 24.9 Å². The van der Waals surface area contributed by atoms with E-state index in [1.54, 1.807) is 6.20 Å². The van der Waals surface area contributed by atoms with Crippen molar-refractivity contribution in [3.05, 3.63) is 53.9 Å². The molecule has 0 aliphatic heterocycles. The molecule has 0 fully saturated rings. The third-order valence-electron chi connectivity index (χ3n) is 2.78. The number of aromatic amines is 1. The van der Waals surface area contributed by atoms with Gasteiger partial charge in [0.15, 0.2) is 0 Å². The maximum atomic E-state index is 11.8. The Bertz CT molecular complexity index is 580. The van der Waals surface area contributed by atoms with Crippen molar-refractivity contribution in [3.8, 4) is 0 Å². The van der Waals surface area contributed by atoms with E-state index in [0.717, 1.165) is 11.3 Å². The van der Waals surface area contributed by atoms with Gasteiger partial charge in [-0.1, -0.05) is 30.3 Å². The van der Waals surface area contributed by atoms with Crippen LogP contribution in [0.15, 0.2) is 42.6 Å². The molecule has 2 rings (SSSR count). The van der Waals surface area contributed by atoms with Gasteiger partial charge < -0.3 is 0 Å². The largest absolute Gasteiger partial charge is 0.283 e. The fourth-order valence-corrected chi connectivity index (χ4v) is 2.80. The maximum Gasteiger partial charge on any atom is 0.211 e. The number of rotatable bonds is 7. The smallest absolute Gasteiger partial charge is 0.211 e. The van der Waals surface area contributed by atoms with Crippen molar-refractivity contribution in [1.29, 1.82) is 0 Å². The lowest BCUT2D eigenvalue weighted by molar-refractivity contribution is 0.580. The molecular weight excluding hydrogens is 262 g/mol. The van der Waals surface area contributed by atoms with Gasteiger partial charge in [-0.15, -0.1) is 0 Å². The van der Waals surface area contributed by atoms with Gasteiger partial charge in [0.25, 0.3) is 0 Å². The van der Waals surface area contributed by atoms with Crippen LogP contribution in [-0.2, 0) is 22.9 Å². The van der Waals surface area contributed by atoms with E-state index >= 15 is 0 Å². The van der Waals surface area contributed by atoms with Gasteiger partial charge in [0.2, 0.25) is 10.0 Å². The number of hydrogen-bond acceptors (Lipinski definition) is 3. The van der Waals surface area contributed by atoms with Gasteiger partial charge in [-0.05, 0) is 18.1 Å². The van der Waals surface area contributed by atoms with Crippen LogP contribution in [0.4, 0.5) is 0 Å². The second kappa shape index (κ2) is 6.49. The van der Waals surface area contributed by atoms with Crippen LogP contribution in [0.25, 0.3) is 0 Å². The summed E-state index contributed by atoms with van der Waals surface area (Å²) in [6, 6.07) is 11.4. The zero-order valence-electron chi connectivity index (χ0n) is 10.5. The molecule has 0 aliphatic carbocycles. The molecule has 0 spiro atoms. The average Bonchev–Trinajstić information content (AvgIpc) is 2.91. The van der Waals surface area contributed by atoms with Crippen LogP contribution in [0.1, 0.15) is 11.3 Å². The lowest BCUT2D eigenvalue weighted by atomic mass is 10.2. The predicted octanol–water partition coefficient (Wildman–Crippen LogP) is 1.11. The van der Waals surface area contributed by atoms with Crippen molar-refractivity contribution in [3.63, 3.8) is 0 Å². The molecule has 102 valence electrons. The first-order valence-corrected chi connectivity index (χ1v) is 7.80. The van der Waals surface area contributed by atoms with Crippen LogP contribution < -0.4 is 4.72 Å². The topological polar surface area (TPSA) is 74.8 Å². The Morgan fingerprint density at radius 1 is 1.11 bits per heavy atom. The molecule has 0 bridgehead atoms. The molecule has 6 heteroatoms. The van der Waals surface area contributed by atoms with E-state index in [9.17, 15) is 8.42 Å². The molecule has 0 radical (unpaired) electrons. The van der Waals surface area contributed by atoms with Crippen molar-refractivity contribution in [2.24, 2.45) is 0 Å². The van der Waals surface area contributed by atoms with Crippen LogP contribution in [-0.4, -0.2) is 30.9 Å². The predicted molar refractivity (Wildman–Crippen MR) is 74.2 cm³/mol. The number of H-pyrrole nitrogens is 1. The summed E-state index contributed by atoms with van der Waals surface area (Å²) < 4.78 is 26.2. The van der Waals surface area contributed by atoms with Crippen LogP contribution >= 0.6 is 0 Å². The first kappa shape index (κ1) is 13.8. The first-order chi connectivity index (χ1) is 9.16. The fraction of sp³-hybridized carbons (Fsp3) is 0.308. The SMILES string of the molecule is O=S(=O)(CCc1ccccc1)NCCc1ccn[nH]1. The maximum absolute atomic E-state index is 11.8.